The van der Waals surface area contributed by atoms with Crippen LogP contribution in [0.25, 0.3) is 0 Å². The zero-order valence-electron chi connectivity index (χ0n) is 10.1. The lowest BCUT2D eigenvalue weighted by atomic mass is 10.1. The second kappa shape index (κ2) is 4.91. The summed E-state index contributed by atoms with van der Waals surface area (Å²) in [6.45, 7) is 4.77. The third-order valence-corrected chi connectivity index (χ3v) is 2.47. The Kier molecular flexibility index (Phi) is 3.32. The number of nitrogens with zero attached hydrogens (tertiary/aromatic N) is 3. The zero-order chi connectivity index (χ0) is 12.3. The summed E-state index contributed by atoms with van der Waals surface area (Å²) in [5.41, 5.74) is 1.91. The highest BCUT2D eigenvalue weighted by Gasteiger charge is 2.12. The predicted molar refractivity (Wildman–Crippen MR) is 64.9 cm³/mol. The van der Waals surface area contributed by atoms with Gasteiger partial charge < -0.3 is 0 Å². The average molecular weight is 229 g/mol. The standard InChI is InChI=1S/C13H15N3O/c1-3-7-16-9-11(8-14-16)13(17)12-6-4-5-10(2)15-12/h4-6,8-9H,3,7H2,1-2H3. The molecular formula is C13H15N3O. The summed E-state index contributed by atoms with van der Waals surface area (Å²) in [5.74, 6) is -0.0731. The zero-order valence-corrected chi connectivity index (χ0v) is 10.1. The van der Waals surface area contributed by atoms with E-state index in [0.717, 1.165) is 18.7 Å². The fourth-order valence-corrected chi connectivity index (χ4v) is 1.65. The first-order valence-electron chi connectivity index (χ1n) is 5.71. The summed E-state index contributed by atoms with van der Waals surface area (Å²) in [7, 11) is 0. The molecule has 0 N–H and O–H groups in total. The van der Waals surface area contributed by atoms with Gasteiger partial charge >= 0.3 is 0 Å². The molecule has 4 nitrogen and oxygen atoms in total. The number of pyridine rings is 1. The Labute approximate surface area is 100 Å². The van der Waals surface area contributed by atoms with Crippen molar-refractivity contribution in [2.24, 2.45) is 0 Å². The lowest BCUT2D eigenvalue weighted by Gasteiger charge is -1.98. The molecule has 2 aromatic rings. The summed E-state index contributed by atoms with van der Waals surface area (Å²) in [6.07, 6.45) is 4.37. The Morgan fingerprint density at radius 2 is 2.24 bits per heavy atom. The lowest BCUT2D eigenvalue weighted by molar-refractivity contribution is 0.103. The number of aryl methyl sites for hydroxylation is 2. The van der Waals surface area contributed by atoms with Crippen LogP contribution in [0.15, 0.2) is 30.6 Å². The quantitative estimate of drug-likeness (QED) is 0.755. The van der Waals surface area contributed by atoms with E-state index in [1.807, 2.05) is 19.1 Å². The number of carbonyl (C=O) groups excluding carboxylic acids is 1. The van der Waals surface area contributed by atoms with Crippen LogP contribution >= 0.6 is 0 Å². The second-order valence-electron chi connectivity index (χ2n) is 3.99. The molecule has 0 aromatic carbocycles. The van der Waals surface area contributed by atoms with Gasteiger partial charge in [-0.2, -0.15) is 5.10 Å². The molecule has 2 heterocycles. The minimum absolute atomic E-state index is 0.0731. The summed E-state index contributed by atoms with van der Waals surface area (Å²) in [6, 6.07) is 5.44. The van der Waals surface area contributed by atoms with Crippen molar-refractivity contribution in [1.82, 2.24) is 14.8 Å². The molecule has 0 aliphatic carbocycles. The Morgan fingerprint density at radius 3 is 2.94 bits per heavy atom. The molecule has 4 heteroatoms. The largest absolute Gasteiger partial charge is 0.287 e. The Balaban J connectivity index is 2.24. The number of hydrogen-bond donors (Lipinski definition) is 0. The van der Waals surface area contributed by atoms with E-state index < -0.39 is 0 Å². The van der Waals surface area contributed by atoms with Gasteiger partial charge in [-0.1, -0.05) is 13.0 Å². The fourth-order valence-electron chi connectivity index (χ4n) is 1.65. The third-order valence-electron chi connectivity index (χ3n) is 2.47. The highest BCUT2D eigenvalue weighted by atomic mass is 16.1. The SMILES string of the molecule is CCCn1cc(C(=O)c2cccc(C)n2)cn1. The summed E-state index contributed by atoms with van der Waals surface area (Å²) < 4.78 is 1.78. The number of carbonyl (C=O) groups is 1. The highest BCUT2D eigenvalue weighted by Crippen LogP contribution is 2.08. The van der Waals surface area contributed by atoms with Crippen molar-refractivity contribution >= 4 is 5.78 Å². The first-order valence-corrected chi connectivity index (χ1v) is 5.71. The van der Waals surface area contributed by atoms with E-state index >= 15 is 0 Å². The van der Waals surface area contributed by atoms with Gasteiger partial charge in [0.25, 0.3) is 0 Å². The van der Waals surface area contributed by atoms with E-state index in [0.29, 0.717) is 11.3 Å². The van der Waals surface area contributed by atoms with Crippen LogP contribution in [0.1, 0.15) is 35.1 Å². The van der Waals surface area contributed by atoms with Crippen LogP contribution in [0.5, 0.6) is 0 Å². The molecule has 0 aliphatic rings. The normalized spacial score (nSPS) is 10.5. The smallest absolute Gasteiger partial charge is 0.214 e. The van der Waals surface area contributed by atoms with Crippen molar-refractivity contribution in [2.45, 2.75) is 26.8 Å². The van der Waals surface area contributed by atoms with Gasteiger partial charge in [-0.15, -0.1) is 0 Å². The Morgan fingerprint density at radius 1 is 1.41 bits per heavy atom. The molecule has 0 saturated heterocycles. The van der Waals surface area contributed by atoms with Gasteiger partial charge in [0.05, 0.1) is 11.8 Å². The number of hydrogen-bond acceptors (Lipinski definition) is 3. The van der Waals surface area contributed by atoms with E-state index in [2.05, 4.69) is 17.0 Å². The summed E-state index contributed by atoms with van der Waals surface area (Å²) >= 11 is 0. The van der Waals surface area contributed by atoms with Crippen molar-refractivity contribution in [2.75, 3.05) is 0 Å². The number of rotatable bonds is 4. The molecule has 0 bridgehead atoms. The van der Waals surface area contributed by atoms with E-state index in [1.165, 1.54) is 0 Å². The van der Waals surface area contributed by atoms with E-state index in [1.54, 1.807) is 23.1 Å². The summed E-state index contributed by atoms with van der Waals surface area (Å²) in [4.78, 5) is 16.3. The molecule has 0 unspecified atom stereocenters. The maximum atomic E-state index is 12.1. The molecule has 0 saturated carbocycles. The van der Waals surface area contributed by atoms with Gasteiger partial charge in [0.1, 0.15) is 5.69 Å². The molecule has 0 amide bonds. The highest BCUT2D eigenvalue weighted by molar-refractivity contribution is 6.07. The van der Waals surface area contributed by atoms with Gasteiger partial charge in [0.2, 0.25) is 5.78 Å². The van der Waals surface area contributed by atoms with E-state index in [4.69, 9.17) is 0 Å². The maximum absolute atomic E-state index is 12.1. The van der Waals surface area contributed by atoms with E-state index in [9.17, 15) is 4.79 Å². The third kappa shape index (κ3) is 2.58. The maximum Gasteiger partial charge on any atom is 0.214 e. The van der Waals surface area contributed by atoms with Gasteiger partial charge in [0.15, 0.2) is 0 Å². The molecule has 0 fully saturated rings. The molecule has 17 heavy (non-hydrogen) atoms. The molecule has 0 aliphatic heterocycles. The minimum atomic E-state index is -0.0731. The lowest BCUT2D eigenvalue weighted by Crippen LogP contribution is -2.04. The van der Waals surface area contributed by atoms with Crippen molar-refractivity contribution in [3.63, 3.8) is 0 Å². The molecular weight excluding hydrogens is 214 g/mol. The fraction of sp³-hybridized carbons (Fsp3) is 0.308. The van der Waals surface area contributed by atoms with E-state index in [-0.39, 0.29) is 5.78 Å². The first-order chi connectivity index (χ1) is 8.20. The van der Waals surface area contributed by atoms with Crippen molar-refractivity contribution in [1.29, 1.82) is 0 Å². The molecule has 0 atom stereocenters. The molecule has 2 aromatic heterocycles. The molecule has 0 spiro atoms. The number of aromatic nitrogens is 3. The van der Waals surface area contributed by atoms with Gasteiger partial charge in [0, 0.05) is 18.4 Å². The van der Waals surface area contributed by atoms with Crippen LogP contribution in [0.3, 0.4) is 0 Å². The average Bonchev–Trinajstić information content (AvgIpc) is 2.77. The Bertz CT molecular complexity index is 531. The van der Waals surface area contributed by atoms with Gasteiger partial charge in [-0.25, -0.2) is 4.98 Å². The minimum Gasteiger partial charge on any atom is -0.287 e. The monoisotopic (exact) mass is 229 g/mol. The van der Waals surface area contributed by atoms with Crippen LogP contribution in [0.2, 0.25) is 0 Å². The number of ketones is 1. The van der Waals surface area contributed by atoms with Crippen molar-refractivity contribution in [3.8, 4) is 0 Å². The van der Waals surface area contributed by atoms with Crippen LogP contribution in [-0.4, -0.2) is 20.5 Å². The van der Waals surface area contributed by atoms with Gasteiger partial charge in [-0.3, -0.25) is 9.48 Å². The second-order valence-corrected chi connectivity index (χ2v) is 3.99. The molecule has 2 rings (SSSR count). The first kappa shape index (κ1) is 11.5. The molecule has 0 radical (unpaired) electrons. The van der Waals surface area contributed by atoms with Gasteiger partial charge in [-0.05, 0) is 25.5 Å². The predicted octanol–water partition coefficient (Wildman–Crippen LogP) is 2.23. The molecule has 88 valence electrons. The van der Waals surface area contributed by atoms with Crippen LogP contribution < -0.4 is 0 Å². The Hall–Kier alpha value is -1.97. The van der Waals surface area contributed by atoms with Crippen LogP contribution in [0, 0.1) is 6.92 Å². The van der Waals surface area contributed by atoms with Crippen LogP contribution in [-0.2, 0) is 6.54 Å². The summed E-state index contributed by atoms with van der Waals surface area (Å²) in [5, 5.41) is 4.14. The van der Waals surface area contributed by atoms with Crippen molar-refractivity contribution < 1.29 is 4.79 Å². The van der Waals surface area contributed by atoms with Crippen LogP contribution in [0.4, 0.5) is 0 Å². The topological polar surface area (TPSA) is 47.8 Å². The van der Waals surface area contributed by atoms with Crippen molar-refractivity contribution in [3.05, 3.63) is 47.5 Å².